The third-order valence-electron chi connectivity index (χ3n) is 3.39. The molecule has 1 aliphatic heterocycles. The Labute approximate surface area is 111 Å². The van der Waals surface area contributed by atoms with Gasteiger partial charge in [-0.15, -0.1) is 11.3 Å². The van der Waals surface area contributed by atoms with Gasteiger partial charge in [0.25, 0.3) is 0 Å². The van der Waals surface area contributed by atoms with Crippen LogP contribution in [-0.4, -0.2) is 48.1 Å². The van der Waals surface area contributed by atoms with Crippen molar-refractivity contribution in [3.05, 3.63) is 15.6 Å². The molecule has 1 aliphatic rings. The molecule has 18 heavy (non-hydrogen) atoms. The maximum absolute atomic E-state index is 11.2. The molecule has 2 N–H and O–H groups in total. The number of nitrogens with one attached hydrogen (secondary N) is 1. The Morgan fingerprint density at radius 1 is 1.67 bits per heavy atom. The molecule has 0 aromatic carbocycles. The average Bonchev–Trinajstić information content (AvgIpc) is 2.87. The first-order chi connectivity index (χ1) is 8.52. The Balaban J connectivity index is 2.23. The predicted molar refractivity (Wildman–Crippen MR) is 71.1 cm³/mol. The van der Waals surface area contributed by atoms with E-state index in [0.29, 0.717) is 5.92 Å². The van der Waals surface area contributed by atoms with Gasteiger partial charge in [-0.05, 0) is 34.0 Å². The maximum atomic E-state index is 11.2. The van der Waals surface area contributed by atoms with E-state index in [-0.39, 0.29) is 0 Å². The fourth-order valence-electron chi connectivity index (χ4n) is 2.38. The minimum absolute atomic E-state index is 0.457. The number of likely N-dealkylation sites (N-methyl/N-ethyl adjacent to an activating group) is 2. The number of carboxylic acid groups (broad SMARTS) is 1. The highest BCUT2D eigenvalue weighted by Crippen LogP contribution is 2.33. The number of thiazole rings is 1. The molecule has 0 aliphatic carbocycles. The first kappa shape index (κ1) is 13.5. The lowest BCUT2D eigenvalue weighted by Crippen LogP contribution is -2.24. The third kappa shape index (κ3) is 2.55. The van der Waals surface area contributed by atoms with Gasteiger partial charge in [0.2, 0.25) is 0 Å². The van der Waals surface area contributed by atoms with Crippen LogP contribution in [0.15, 0.2) is 0 Å². The van der Waals surface area contributed by atoms with Gasteiger partial charge in [0.15, 0.2) is 0 Å². The molecule has 0 saturated carbocycles. The van der Waals surface area contributed by atoms with Gasteiger partial charge in [-0.3, -0.25) is 4.79 Å². The first-order valence-corrected chi connectivity index (χ1v) is 6.90. The molecule has 100 valence electrons. The van der Waals surface area contributed by atoms with E-state index in [1.54, 1.807) is 7.05 Å². The molecule has 0 bridgehead atoms. The van der Waals surface area contributed by atoms with E-state index in [1.165, 1.54) is 11.3 Å². The SMILES string of the molecule is CNC(C(=O)O)c1sc(C2CCN(C)C2)nc1C. The lowest BCUT2D eigenvalue weighted by Gasteiger charge is -2.09. The number of carboxylic acids is 1. The summed E-state index contributed by atoms with van der Waals surface area (Å²) in [6.07, 6.45) is 1.11. The van der Waals surface area contributed by atoms with Gasteiger partial charge in [-0.1, -0.05) is 0 Å². The number of carbonyl (C=O) groups is 1. The second kappa shape index (κ2) is 5.34. The molecular formula is C12H19N3O2S. The summed E-state index contributed by atoms with van der Waals surface area (Å²) in [7, 11) is 3.77. The third-order valence-corrected chi connectivity index (χ3v) is 4.77. The van der Waals surface area contributed by atoms with Crippen molar-refractivity contribution in [2.24, 2.45) is 0 Å². The first-order valence-electron chi connectivity index (χ1n) is 6.08. The summed E-state index contributed by atoms with van der Waals surface area (Å²) < 4.78 is 0. The van der Waals surface area contributed by atoms with Crippen LogP contribution in [0.4, 0.5) is 0 Å². The normalized spacial score (nSPS) is 22.3. The van der Waals surface area contributed by atoms with Crippen LogP contribution in [0.1, 0.15) is 34.0 Å². The Bertz CT molecular complexity index is 447. The molecule has 2 heterocycles. The Morgan fingerprint density at radius 3 is 2.89 bits per heavy atom. The summed E-state index contributed by atoms with van der Waals surface area (Å²) in [6, 6.07) is -0.643. The fourth-order valence-corrected chi connectivity index (χ4v) is 3.67. The smallest absolute Gasteiger partial charge is 0.326 e. The van der Waals surface area contributed by atoms with E-state index in [1.807, 2.05) is 6.92 Å². The number of hydrogen-bond acceptors (Lipinski definition) is 5. The van der Waals surface area contributed by atoms with Crippen molar-refractivity contribution in [2.75, 3.05) is 27.2 Å². The maximum Gasteiger partial charge on any atom is 0.326 e. The molecule has 1 aromatic heterocycles. The number of aliphatic carboxylic acids is 1. The van der Waals surface area contributed by atoms with E-state index in [4.69, 9.17) is 0 Å². The minimum Gasteiger partial charge on any atom is -0.480 e. The van der Waals surface area contributed by atoms with Gasteiger partial charge in [-0.25, -0.2) is 4.98 Å². The van der Waals surface area contributed by atoms with Crippen LogP contribution >= 0.6 is 11.3 Å². The van der Waals surface area contributed by atoms with Crippen LogP contribution in [0.3, 0.4) is 0 Å². The quantitative estimate of drug-likeness (QED) is 0.860. The summed E-state index contributed by atoms with van der Waals surface area (Å²) in [5.74, 6) is -0.391. The van der Waals surface area contributed by atoms with Gasteiger partial charge < -0.3 is 15.3 Å². The molecule has 2 atom stereocenters. The lowest BCUT2D eigenvalue weighted by molar-refractivity contribution is -0.139. The van der Waals surface area contributed by atoms with E-state index in [9.17, 15) is 9.90 Å². The summed E-state index contributed by atoms with van der Waals surface area (Å²) in [4.78, 5) is 18.9. The van der Waals surface area contributed by atoms with Crippen molar-refractivity contribution in [3.63, 3.8) is 0 Å². The summed E-state index contributed by atoms with van der Waals surface area (Å²) in [5.41, 5.74) is 0.839. The summed E-state index contributed by atoms with van der Waals surface area (Å²) in [6.45, 7) is 4.00. The van der Waals surface area contributed by atoms with Gasteiger partial charge in [0.05, 0.1) is 15.6 Å². The highest BCUT2D eigenvalue weighted by Gasteiger charge is 2.28. The fraction of sp³-hybridized carbons (Fsp3) is 0.667. The van der Waals surface area contributed by atoms with Crippen LogP contribution in [0, 0.1) is 6.92 Å². The molecule has 1 fully saturated rings. The van der Waals surface area contributed by atoms with Crippen molar-refractivity contribution >= 4 is 17.3 Å². The molecule has 0 radical (unpaired) electrons. The lowest BCUT2D eigenvalue weighted by atomic mass is 10.1. The molecule has 1 aromatic rings. The number of hydrogen-bond donors (Lipinski definition) is 2. The Morgan fingerprint density at radius 2 is 2.39 bits per heavy atom. The standard InChI is InChI=1S/C12H19N3O2S/c1-7-10(9(13-2)12(16)17)18-11(14-7)8-4-5-15(3)6-8/h8-9,13H,4-6H2,1-3H3,(H,16,17). The minimum atomic E-state index is -0.848. The van der Waals surface area contributed by atoms with Crippen molar-refractivity contribution in [2.45, 2.75) is 25.3 Å². The number of likely N-dealkylation sites (tertiary alicyclic amines) is 1. The molecule has 1 saturated heterocycles. The van der Waals surface area contributed by atoms with Gasteiger partial charge in [0.1, 0.15) is 6.04 Å². The van der Waals surface area contributed by atoms with Crippen LogP contribution < -0.4 is 5.32 Å². The zero-order valence-electron chi connectivity index (χ0n) is 10.9. The van der Waals surface area contributed by atoms with Gasteiger partial charge >= 0.3 is 5.97 Å². The van der Waals surface area contributed by atoms with E-state index < -0.39 is 12.0 Å². The Hall–Kier alpha value is -0.980. The van der Waals surface area contributed by atoms with E-state index >= 15 is 0 Å². The molecular weight excluding hydrogens is 250 g/mol. The van der Waals surface area contributed by atoms with Crippen LogP contribution in [-0.2, 0) is 4.79 Å². The Kier molecular flexibility index (Phi) is 3.99. The van der Waals surface area contributed by atoms with Crippen molar-refractivity contribution in [3.8, 4) is 0 Å². The topological polar surface area (TPSA) is 65.5 Å². The second-order valence-corrected chi connectivity index (χ2v) is 5.87. The number of aryl methyl sites for hydroxylation is 1. The zero-order valence-corrected chi connectivity index (χ0v) is 11.8. The van der Waals surface area contributed by atoms with Gasteiger partial charge in [0, 0.05) is 12.5 Å². The largest absolute Gasteiger partial charge is 0.480 e. The average molecular weight is 269 g/mol. The molecule has 6 heteroatoms. The number of rotatable bonds is 4. The highest BCUT2D eigenvalue weighted by atomic mass is 32.1. The zero-order chi connectivity index (χ0) is 13.3. The second-order valence-electron chi connectivity index (χ2n) is 4.81. The summed E-state index contributed by atoms with van der Waals surface area (Å²) in [5, 5.41) is 13.1. The number of nitrogens with zero attached hydrogens (tertiary/aromatic N) is 2. The van der Waals surface area contributed by atoms with Crippen LogP contribution in [0.5, 0.6) is 0 Å². The van der Waals surface area contributed by atoms with E-state index in [2.05, 4.69) is 22.2 Å². The molecule has 5 nitrogen and oxygen atoms in total. The van der Waals surface area contributed by atoms with Crippen molar-refractivity contribution in [1.82, 2.24) is 15.2 Å². The highest BCUT2D eigenvalue weighted by molar-refractivity contribution is 7.12. The van der Waals surface area contributed by atoms with E-state index in [0.717, 1.165) is 35.1 Å². The van der Waals surface area contributed by atoms with Crippen LogP contribution in [0.2, 0.25) is 0 Å². The van der Waals surface area contributed by atoms with Gasteiger partial charge in [-0.2, -0.15) is 0 Å². The summed E-state index contributed by atoms with van der Waals surface area (Å²) >= 11 is 1.54. The molecule has 0 amide bonds. The number of aromatic nitrogens is 1. The molecule has 2 rings (SSSR count). The van der Waals surface area contributed by atoms with Crippen molar-refractivity contribution < 1.29 is 9.90 Å². The van der Waals surface area contributed by atoms with Crippen LogP contribution in [0.25, 0.3) is 0 Å². The monoisotopic (exact) mass is 269 g/mol. The molecule has 0 spiro atoms. The molecule has 2 unspecified atom stereocenters. The van der Waals surface area contributed by atoms with Crippen molar-refractivity contribution in [1.29, 1.82) is 0 Å². The predicted octanol–water partition coefficient (Wildman–Crippen LogP) is 1.22.